The Morgan fingerprint density at radius 3 is 2.18 bits per heavy atom. The molecule has 0 spiro atoms. The van der Waals surface area contributed by atoms with E-state index in [4.69, 9.17) is 4.74 Å². The van der Waals surface area contributed by atoms with Crippen LogP contribution in [0.3, 0.4) is 0 Å². The van der Waals surface area contributed by atoms with Crippen LogP contribution in [0, 0.1) is 0 Å². The molecule has 0 unspecified atom stereocenters. The lowest BCUT2D eigenvalue weighted by atomic mass is 10.0. The standard InChI is InChI=1S/C36H41N5O3/c1-39(27-29-16-20-37-21-17-29)26-28-12-14-31(15-13-28)35(42)40(2)24-25-41-22-18-32(19-23-41)44-36(43)38-34-11-7-6-10-33(34)30-8-4-3-5-9-30/h3-17,20-21,32H,18-19,22-27H2,1-2H3,(H,38,43). The minimum atomic E-state index is -0.427. The fraction of sp³-hybridized carbons (Fsp3) is 0.306. The summed E-state index contributed by atoms with van der Waals surface area (Å²) in [6.45, 7) is 4.70. The Balaban J connectivity index is 1.02. The molecule has 0 bridgehead atoms. The number of para-hydroxylation sites is 1. The van der Waals surface area contributed by atoms with Crippen molar-refractivity contribution in [3.63, 3.8) is 0 Å². The average Bonchev–Trinajstić information content (AvgIpc) is 3.05. The molecule has 2 amide bonds. The monoisotopic (exact) mass is 591 g/mol. The van der Waals surface area contributed by atoms with Crippen molar-refractivity contribution in [1.29, 1.82) is 0 Å². The molecule has 1 saturated heterocycles. The van der Waals surface area contributed by atoms with E-state index in [-0.39, 0.29) is 12.0 Å². The molecular weight excluding hydrogens is 550 g/mol. The number of ether oxygens (including phenoxy) is 1. The predicted octanol–water partition coefficient (Wildman–Crippen LogP) is 6.17. The van der Waals surface area contributed by atoms with Crippen LogP contribution in [0.1, 0.15) is 34.3 Å². The Morgan fingerprint density at radius 2 is 1.48 bits per heavy atom. The molecule has 44 heavy (non-hydrogen) atoms. The molecule has 1 aromatic heterocycles. The highest BCUT2D eigenvalue weighted by Gasteiger charge is 2.23. The highest BCUT2D eigenvalue weighted by molar-refractivity contribution is 5.94. The number of carbonyl (C=O) groups is 2. The van der Waals surface area contributed by atoms with Crippen molar-refractivity contribution in [1.82, 2.24) is 19.7 Å². The zero-order valence-electron chi connectivity index (χ0n) is 25.6. The van der Waals surface area contributed by atoms with Crippen LogP contribution < -0.4 is 5.32 Å². The van der Waals surface area contributed by atoms with Crippen LogP contribution in [0.5, 0.6) is 0 Å². The van der Waals surface area contributed by atoms with Gasteiger partial charge in [0.05, 0.1) is 5.69 Å². The highest BCUT2D eigenvalue weighted by atomic mass is 16.6. The third-order valence-corrected chi connectivity index (χ3v) is 8.01. The Bertz CT molecular complexity index is 1490. The summed E-state index contributed by atoms with van der Waals surface area (Å²) in [6.07, 6.45) is 4.60. The Morgan fingerprint density at radius 1 is 0.841 bits per heavy atom. The summed E-state index contributed by atoms with van der Waals surface area (Å²) < 4.78 is 5.77. The van der Waals surface area contributed by atoms with Gasteiger partial charge in [0.15, 0.2) is 0 Å². The van der Waals surface area contributed by atoms with E-state index in [0.717, 1.165) is 62.4 Å². The minimum absolute atomic E-state index is 0.0207. The minimum Gasteiger partial charge on any atom is -0.446 e. The van der Waals surface area contributed by atoms with Crippen LogP contribution in [-0.4, -0.2) is 78.1 Å². The molecule has 1 aliphatic rings. The van der Waals surface area contributed by atoms with Crippen molar-refractivity contribution in [2.45, 2.75) is 32.0 Å². The van der Waals surface area contributed by atoms with E-state index in [2.05, 4.69) is 27.1 Å². The lowest BCUT2D eigenvalue weighted by Gasteiger charge is -2.32. The first-order valence-electron chi connectivity index (χ1n) is 15.2. The summed E-state index contributed by atoms with van der Waals surface area (Å²) in [7, 11) is 3.94. The van der Waals surface area contributed by atoms with E-state index in [1.807, 2.05) is 110 Å². The van der Waals surface area contributed by atoms with E-state index in [1.165, 1.54) is 11.1 Å². The second kappa shape index (κ2) is 15.3. The van der Waals surface area contributed by atoms with Gasteiger partial charge >= 0.3 is 6.09 Å². The number of pyridine rings is 1. The summed E-state index contributed by atoms with van der Waals surface area (Å²) in [5.41, 5.74) is 5.81. The summed E-state index contributed by atoms with van der Waals surface area (Å²) in [4.78, 5) is 36.2. The molecule has 228 valence electrons. The molecule has 0 radical (unpaired) electrons. The van der Waals surface area contributed by atoms with Gasteiger partial charge in [0, 0.05) is 69.8 Å². The number of rotatable bonds is 11. The van der Waals surface area contributed by atoms with E-state index >= 15 is 0 Å². The molecular formula is C36H41N5O3. The normalized spacial score (nSPS) is 13.9. The zero-order valence-corrected chi connectivity index (χ0v) is 25.6. The van der Waals surface area contributed by atoms with Crippen molar-refractivity contribution < 1.29 is 14.3 Å². The van der Waals surface area contributed by atoms with Gasteiger partial charge in [0.2, 0.25) is 0 Å². The van der Waals surface area contributed by atoms with Crippen LogP contribution in [0.4, 0.5) is 10.5 Å². The van der Waals surface area contributed by atoms with Gasteiger partial charge in [-0.1, -0.05) is 60.7 Å². The van der Waals surface area contributed by atoms with Crippen LogP contribution in [0.15, 0.2) is 103 Å². The third kappa shape index (κ3) is 8.75. The van der Waals surface area contributed by atoms with Gasteiger partial charge in [0.25, 0.3) is 5.91 Å². The summed E-state index contributed by atoms with van der Waals surface area (Å²) in [5, 5.41) is 2.93. The van der Waals surface area contributed by atoms with Gasteiger partial charge in [-0.05, 0) is 66.9 Å². The maximum atomic E-state index is 13.1. The number of benzene rings is 3. The number of anilines is 1. The number of hydrogen-bond donors (Lipinski definition) is 1. The van der Waals surface area contributed by atoms with Crippen molar-refractivity contribution >= 4 is 17.7 Å². The predicted molar refractivity (Wildman–Crippen MR) is 174 cm³/mol. The average molecular weight is 592 g/mol. The number of likely N-dealkylation sites (N-methyl/N-ethyl adjacent to an activating group) is 1. The second-order valence-electron chi connectivity index (χ2n) is 11.4. The van der Waals surface area contributed by atoms with Gasteiger partial charge < -0.3 is 14.5 Å². The van der Waals surface area contributed by atoms with Crippen molar-refractivity contribution in [2.75, 3.05) is 45.6 Å². The van der Waals surface area contributed by atoms with Crippen LogP contribution in [0.2, 0.25) is 0 Å². The molecule has 8 heteroatoms. The number of nitrogens with zero attached hydrogens (tertiary/aromatic N) is 4. The fourth-order valence-corrected chi connectivity index (χ4v) is 5.54. The third-order valence-electron chi connectivity index (χ3n) is 8.01. The van der Waals surface area contributed by atoms with Crippen LogP contribution in [0.25, 0.3) is 11.1 Å². The molecule has 1 N–H and O–H groups in total. The highest BCUT2D eigenvalue weighted by Crippen LogP contribution is 2.28. The number of piperidine rings is 1. The first kappa shape index (κ1) is 30.9. The van der Waals surface area contributed by atoms with E-state index in [0.29, 0.717) is 12.1 Å². The topological polar surface area (TPSA) is 78.0 Å². The van der Waals surface area contributed by atoms with E-state index in [9.17, 15) is 9.59 Å². The van der Waals surface area contributed by atoms with Gasteiger partial charge in [-0.3, -0.25) is 20.0 Å². The Kier molecular flexibility index (Phi) is 10.7. The lowest BCUT2D eigenvalue weighted by Crippen LogP contribution is -2.42. The van der Waals surface area contributed by atoms with Crippen molar-refractivity contribution in [2.24, 2.45) is 0 Å². The second-order valence-corrected chi connectivity index (χ2v) is 11.4. The fourth-order valence-electron chi connectivity index (χ4n) is 5.54. The summed E-state index contributed by atoms with van der Waals surface area (Å²) in [5.74, 6) is 0.0207. The van der Waals surface area contributed by atoms with Gasteiger partial charge in [0.1, 0.15) is 6.10 Å². The van der Waals surface area contributed by atoms with Gasteiger partial charge in [-0.2, -0.15) is 0 Å². The molecule has 0 atom stereocenters. The summed E-state index contributed by atoms with van der Waals surface area (Å²) in [6, 6.07) is 29.7. The number of carbonyl (C=O) groups excluding carboxylic acids is 2. The largest absolute Gasteiger partial charge is 0.446 e. The quantitative estimate of drug-likeness (QED) is 0.225. The van der Waals surface area contributed by atoms with E-state index < -0.39 is 6.09 Å². The molecule has 1 fully saturated rings. The molecule has 3 aromatic carbocycles. The SMILES string of the molecule is CN(Cc1ccncc1)Cc1ccc(C(=O)N(C)CCN2CCC(OC(=O)Nc3ccccc3-c3ccccc3)CC2)cc1. The molecule has 8 nitrogen and oxygen atoms in total. The lowest BCUT2D eigenvalue weighted by molar-refractivity contribution is 0.0540. The molecule has 1 aliphatic heterocycles. The molecule has 0 saturated carbocycles. The van der Waals surface area contributed by atoms with Crippen LogP contribution in [-0.2, 0) is 17.8 Å². The number of nitrogens with one attached hydrogen (secondary N) is 1. The molecule has 4 aromatic rings. The first-order valence-corrected chi connectivity index (χ1v) is 15.2. The number of amides is 2. The maximum absolute atomic E-state index is 13.1. The molecule has 0 aliphatic carbocycles. The Labute approximate surface area is 260 Å². The maximum Gasteiger partial charge on any atom is 0.411 e. The van der Waals surface area contributed by atoms with Crippen LogP contribution >= 0.6 is 0 Å². The number of likely N-dealkylation sites (tertiary alicyclic amines) is 1. The van der Waals surface area contributed by atoms with E-state index in [1.54, 1.807) is 4.90 Å². The first-order chi connectivity index (χ1) is 21.4. The van der Waals surface area contributed by atoms with Gasteiger partial charge in [-0.25, -0.2) is 4.79 Å². The molecule has 2 heterocycles. The zero-order chi connectivity index (χ0) is 30.7. The Hall–Kier alpha value is -4.53. The number of hydrogen-bond acceptors (Lipinski definition) is 6. The summed E-state index contributed by atoms with van der Waals surface area (Å²) >= 11 is 0. The van der Waals surface area contributed by atoms with Crippen molar-refractivity contribution in [3.05, 3.63) is 120 Å². The van der Waals surface area contributed by atoms with Crippen molar-refractivity contribution in [3.8, 4) is 11.1 Å². The smallest absolute Gasteiger partial charge is 0.411 e. The van der Waals surface area contributed by atoms with Gasteiger partial charge in [-0.15, -0.1) is 0 Å². The number of aromatic nitrogens is 1. The molecule has 5 rings (SSSR count).